The number of amides is 1. The van der Waals surface area contributed by atoms with Gasteiger partial charge in [0.2, 0.25) is 11.1 Å². The molecule has 4 rings (SSSR count). The van der Waals surface area contributed by atoms with Crippen molar-refractivity contribution in [2.24, 2.45) is 0 Å². The maximum Gasteiger partial charge on any atom is 0.235 e. The summed E-state index contributed by atoms with van der Waals surface area (Å²) in [5, 5.41) is 21.2. The van der Waals surface area contributed by atoms with Gasteiger partial charge in [0.15, 0.2) is 5.82 Å². The van der Waals surface area contributed by atoms with Crippen molar-refractivity contribution in [2.45, 2.75) is 32.5 Å². The minimum atomic E-state index is -0.296. The zero-order valence-corrected chi connectivity index (χ0v) is 20.4. The van der Waals surface area contributed by atoms with Gasteiger partial charge < -0.3 is 24.9 Å². The van der Waals surface area contributed by atoms with Crippen molar-refractivity contribution in [3.05, 3.63) is 65.2 Å². The predicted octanol–water partition coefficient (Wildman–Crippen LogP) is 3.72. The molecule has 11 heteroatoms. The lowest BCUT2D eigenvalue weighted by molar-refractivity contribution is -0.113. The number of benzene rings is 1. The fourth-order valence-electron chi connectivity index (χ4n) is 3.62. The number of hydrogen-bond donors (Lipinski definition) is 2. The Morgan fingerprint density at radius 1 is 1.26 bits per heavy atom. The van der Waals surface area contributed by atoms with Crippen LogP contribution in [-0.4, -0.2) is 37.7 Å². The molecule has 1 amide bonds. The van der Waals surface area contributed by atoms with Crippen LogP contribution >= 0.6 is 11.8 Å². The van der Waals surface area contributed by atoms with Crippen LogP contribution in [0.15, 0.2) is 52.2 Å². The van der Waals surface area contributed by atoms with E-state index in [1.165, 1.54) is 4.68 Å². The molecule has 0 atom stereocenters. The second kappa shape index (κ2) is 10.4. The third kappa shape index (κ3) is 5.02. The summed E-state index contributed by atoms with van der Waals surface area (Å²) in [7, 11) is 0. The molecule has 10 nitrogen and oxygen atoms in total. The van der Waals surface area contributed by atoms with Crippen molar-refractivity contribution in [3.8, 4) is 23.2 Å². The highest BCUT2D eigenvalue weighted by atomic mass is 32.2. The Bertz CT molecular complexity index is 1370. The highest BCUT2D eigenvalue weighted by Gasteiger charge is 2.21. The summed E-state index contributed by atoms with van der Waals surface area (Å²) in [6.07, 6.45) is 1.59. The zero-order chi connectivity index (χ0) is 24.9. The van der Waals surface area contributed by atoms with Gasteiger partial charge in [0.05, 0.1) is 30.7 Å². The van der Waals surface area contributed by atoms with Gasteiger partial charge in [-0.05, 0) is 62.7 Å². The number of nitrogens with one attached hydrogen (secondary N) is 1. The first kappa shape index (κ1) is 24.0. The van der Waals surface area contributed by atoms with E-state index in [0.717, 1.165) is 40.1 Å². The molecule has 4 aromatic rings. The summed E-state index contributed by atoms with van der Waals surface area (Å²) < 4.78 is 14.1. The van der Waals surface area contributed by atoms with Crippen molar-refractivity contribution in [1.82, 2.24) is 19.4 Å². The quantitative estimate of drug-likeness (QED) is 0.267. The lowest BCUT2D eigenvalue weighted by atomic mass is 10.2. The van der Waals surface area contributed by atoms with Crippen LogP contribution in [0.3, 0.4) is 0 Å². The largest absolute Gasteiger partial charge is 0.494 e. The van der Waals surface area contributed by atoms with Crippen molar-refractivity contribution in [2.75, 3.05) is 23.5 Å². The van der Waals surface area contributed by atoms with Gasteiger partial charge in [-0.2, -0.15) is 5.26 Å². The van der Waals surface area contributed by atoms with E-state index < -0.39 is 0 Å². The molecule has 1 aromatic carbocycles. The normalized spacial score (nSPS) is 10.8. The zero-order valence-electron chi connectivity index (χ0n) is 19.6. The number of carbonyl (C=O) groups is 1. The third-order valence-corrected chi connectivity index (χ3v) is 6.46. The van der Waals surface area contributed by atoms with Crippen molar-refractivity contribution in [3.63, 3.8) is 0 Å². The van der Waals surface area contributed by atoms with E-state index in [0.29, 0.717) is 35.5 Å². The summed E-state index contributed by atoms with van der Waals surface area (Å²) in [6, 6.07) is 13.2. The van der Waals surface area contributed by atoms with E-state index in [1.807, 2.05) is 55.7 Å². The molecule has 0 saturated carbocycles. The number of nitrogens with two attached hydrogens (primary N) is 1. The molecule has 3 heterocycles. The highest BCUT2D eigenvalue weighted by molar-refractivity contribution is 7.99. The van der Waals surface area contributed by atoms with Crippen LogP contribution in [0.25, 0.3) is 11.4 Å². The Morgan fingerprint density at radius 3 is 2.69 bits per heavy atom. The summed E-state index contributed by atoms with van der Waals surface area (Å²) in [5.41, 5.74) is 2.89. The SMILES string of the molecule is CCOc1ccc(-c2nnc(SCC(=O)Nc3c(C#N)c(C)c(C)n3Cc3ccco3)n2N)cc1. The summed E-state index contributed by atoms with van der Waals surface area (Å²) in [5.74, 6) is 8.31. The maximum absolute atomic E-state index is 12.8. The van der Waals surface area contributed by atoms with Crippen LogP contribution in [0.2, 0.25) is 0 Å². The molecule has 0 radical (unpaired) electrons. The number of carbonyl (C=O) groups excluding carboxylic acids is 1. The first-order valence-corrected chi connectivity index (χ1v) is 11.9. The molecule has 180 valence electrons. The Kier molecular flexibility index (Phi) is 7.12. The molecule has 0 fully saturated rings. The number of hydrogen-bond acceptors (Lipinski definition) is 8. The molecule has 3 aromatic heterocycles. The minimum absolute atomic E-state index is 0.0352. The van der Waals surface area contributed by atoms with Crippen LogP contribution < -0.4 is 15.9 Å². The number of aromatic nitrogens is 4. The van der Waals surface area contributed by atoms with Crippen LogP contribution in [0, 0.1) is 25.2 Å². The molecule has 0 aliphatic rings. The van der Waals surface area contributed by atoms with Gasteiger partial charge in [-0.3, -0.25) is 4.79 Å². The van der Waals surface area contributed by atoms with E-state index in [-0.39, 0.29) is 11.7 Å². The Labute approximate surface area is 206 Å². The number of rotatable bonds is 9. The van der Waals surface area contributed by atoms with E-state index >= 15 is 0 Å². The number of nitrogen functional groups attached to an aromatic ring is 1. The van der Waals surface area contributed by atoms with Crippen molar-refractivity contribution in [1.29, 1.82) is 5.26 Å². The summed E-state index contributed by atoms with van der Waals surface area (Å²) >= 11 is 1.15. The second-order valence-corrected chi connectivity index (χ2v) is 8.62. The fourth-order valence-corrected chi connectivity index (χ4v) is 4.28. The van der Waals surface area contributed by atoms with E-state index in [4.69, 9.17) is 15.0 Å². The smallest absolute Gasteiger partial charge is 0.235 e. The standard InChI is InChI=1S/C24H25N7O3S/c1-4-33-18-9-7-17(8-10-18)22-28-29-24(31(22)26)35-14-21(32)27-23-20(12-25)15(2)16(3)30(23)13-19-6-5-11-34-19/h5-11H,4,13-14,26H2,1-3H3,(H,27,32). The lowest BCUT2D eigenvalue weighted by Gasteiger charge is -2.12. The lowest BCUT2D eigenvalue weighted by Crippen LogP contribution is -2.19. The van der Waals surface area contributed by atoms with Crippen LogP contribution in [0.4, 0.5) is 5.82 Å². The number of nitriles is 1. The molecule has 0 spiro atoms. The number of ether oxygens (including phenoxy) is 1. The average Bonchev–Trinajstić information content (AvgIpc) is 3.55. The molecule has 3 N–H and O–H groups in total. The van der Waals surface area contributed by atoms with Gasteiger partial charge in [-0.15, -0.1) is 10.2 Å². The first-order chi connectivity index (χ1) is 16.9. The molecule has 0 bridgehead atoms. The average molecular weight is 492 g/mol. The molecular weight excluding hydrogens is 466 g/mol. The molecule has 0 unspecified atom stereocenters. The van der Waals surface area contributed by atoms with Gasteiger partial charge in [-0.25, -0.2) is 4.68 Å². The number of anilines is 1. The van der Waals surface area contributed by atoms with E-state index in [9.17, 15) is 10.1 Å². The van der Waals surface area contributed by atoms with Crippen LogP contribution in [0.5, 0.6) is 5.75 Å². The molecule has 0 aliphatic carbocycles. The van der Waals surface area contributed by atoms with Crippen LogP contribution in [0.1, 0.15) is 29.5 Å². The predicted molar refractivity (Wildman–Crippen MR) is 133 cm³/mol. The van der Waals surface area contributed by atoms with Crippen LogP contribution in [-0.2, 0) is 11.3 Å². The molecular formula is C24H25N7O3S. The Balaban J connectivity index is 1.47. The number of nitrogens with zero attached hydrogens (tertiary/aromatic N) is 5. The number of thioether (sulfide) groups is 1. The van der Waals surface area contributed by atoms with E-state index in [2.05, 4.69) is 21.6 Å². The maximum atomic E-state index is 12.8. The summed E-state index contributed by atoms with van der Waals surface area (Å²) in [4.78, 5) is 12.8. The molecule has 0 aliphatic heterocycles. The van der Waals surface area contributed by atoms with Gasteiger partial charge >= 0.3 is 0 Å². The van der Waals surface area contributed by atoms with Gasteiger partial charge in [-0.1, -0.05) is 11.8 Å². The van der Waals surface area contributed by atoms with Gasteiger partial charge in [0.25, 0.3) is 0 Å². The number of furan rings is 1. The van der Waals surface area contributed by atoms with Gasteiger partial charge in [0.1, 0.15) is 23.4 Å². The topological polar surface area (TPSA) is 137 Å². The Hall–Kier alpha value is -4.17. The molecule has 0 saturated heterocycles. The van der Waals surface area contributed by atoms with E-state index in [1.54, 1.807) is 12.3 Å². The Morgan fingerprint density at radius 2 is 2.03 bits per heavy atom. The fraction of sp³-hybridized carbons (Fsp3) is 0.250. The first-order valence-electron chi connectivity index (χ1n) is 10.9. The third-order valence-electron chi connectivity index (χ3n) is 5.51. The second-order valence-electron chi connectivity index (χ2n) is 7.68. The minimum Gasteiger partial charge on any atom is -0.494 e. The van der Waals surface area contributed by atoms with Gasteiger partial charge in [0, 0.05) is 11.3 Å². The summed E-state index contributed by atoms with van der Waals surface area (Å²) in [6.45, 7) is 6.66. The molecule has 35 heavy (non-hydrogen) atoms. The van der Waals surface area contributed by atoms with Crippen molar-refractivity contribution >= 4 is 23.5 Å². The monoisotopic (exact) mass is 491 g/mol. The van der Waals surface area contributed by atoms with Crippen molar-refractivity contribution < 1.29 is 13.9 Å². The highest BCUT2D eigenvalue weighted by Crippen LogP contribution is 2.28.